The summed E-state index contributed by atoms with van der Waals surface area (Å²) in [5.41, 5.74) is 0. The summed E-state index contributed by atoms with van der Waals surface area (Å²) in [5, 5.41) is 0. The van der Waals surface area contributed by atoms with Gasteiger partial charge < -0.3 is 4.74 Å². The number of rotatable bonds is 5. The maximum atomic E-state index is 10.5. The van der Waals surface area contributed by atoms with E-state index in [-0.39, 0.29) is 36.2 Å². The fourth-order valence-electron chi connectivity index (χ4n) is 0.404. The Kier molecular flexibility index (Phi) is 14.5. The Balaban J connectivity index is 0. The molecule has 0 heterocycles. The number of thiol groups is 1. The molecule has 0 N–H and O–H groups in total. The molecule has 0 spiro atoms. The molecule has 11 heavy (non-hydrogen) atoms. The molecule has 0 radical (unpaired) electrons. The first kappa shape index (κ1) is 14.5. The van der Waals surface area contributed by atoms with Gasteiger partial charge in [-0.3, -0.25) is 4.79 Å². The second-order valence-electron chi connectivity index (χ2n) is 1.58. The predicted molar refractivity (Wildman–Crippen MR) is 57.8 cm³/mol. The van der Waals surface area contributed by atoms with Crippen LogP contribution in [0.4, 0.5) is 0 Å². The van der Waals surface area contributed by atoms with Crippen LogP contribution in [-0.4, -0.2) is 54.3 Å². The Morgan fingerprint density at radius 1 is 1.64 bits per heavy atom. The molecule has 0 aromatic heterocycles. The molecule has 0 atom stereocenters. The topological polar surface area (TPSA) is 26.3 Å². The van der Waals surface area contributed by atoms with E-state index >= 15 is 0 Å². The van der Waals surface area contributed by atoms with E-state index in [1.165, 1.54) is 0 Å². The van der Waals surface area contributed by atoms with E-state index in [2.05, 4.69) is 19.6 Å². The van der Waals surface area contributed by atoms with Crippen molar-refractivity contribution in [2.45, 2.75) is 6.92 Å². The first-order valence-electron chi connectivity index (χ1n) is 3.15. The fraction of sp³-hybridized carbons (Fsp3) is 0.833. The Morgan fingerprint density at radius 3 is 2.73 bits per heavy atom. The van der Waals surface area contributed by atoms with E-state index in [1.807, 2.05) is 0 Å². The van der Waals surface area contributed by atoms with Gasteiger partial charge in [-0.2, -0.15) is 24.4 Å². The quantitative estimate of drug-likeness (QED) is 0.336. The van der Waals surface area contributed by atoms with Crippen LogP contribution >= 0.6 is 24.4 Å². The van der Waals surface area contributed by atoms with Gasteiger partial charge in [-0.15, -0.1) is 0 Å². The van der Waals surface area contributed by atoms with Crippen LogP contribution in [0.1, 0.15) is 6.92 Å². The van der Waals surface area contributed by atoms with Gasteiger partial charge >= 0.3 is 30.4 Å². The minimum absolute atomic E-state index is 0. The minimum atomic E-state index is -0.236. The van der Waals surface area contributed by atoms with Crippen LogP contribution < -0.4 is 0 Å². The molecule has 0 aromatic rings. The summed E-state index contributed by atoms with van der Waals surface area (Å²) >= 11 is 5.52. The molecule has 0 amide bonds. The van der Waals surface area contributed by atoms with Crippen LogP contribution in [0.15, 0.2) is 0 Å². The van der Waals surface area contributed by atoms with E-state index in [9.17, 15) is 4.79 Å². The Bertz CT molecular complexity index is 101. The standard InChI is InChI=1S/C6H12O2S2.Sb.3H/c1-2-10-4-3-8-6(7)5-9;;;;/h9H,2-5H2,1H3;;;;. The zero-order valence-electron chi connectivity index (χ0n) is 6.71. The van der Waals surface area contributed by atoms with Crippen molar-refractivity contribution in [3.63, 3.8) is 0 Å². The van der Waals surface area contributed by atoms with Crippen LogP contribution in [0.25, 0.3) is 0 Å². The van der Waals surface area contributed by atoms with Crippen molar-refractivity contribution >= 4 is 54.8 Å². The summed E-state index contributed by atoms with van der Waals surface area (Å²) in [4.78, 5) is 10.5. The second-order valence-corrected chi connectivity index (χ2v) is 3.29. The molecule has 0 aliphatic carbocycles. The van der Waals surface area contributed by atoms with E-state index in [1.54, 1.807) is 11.8 Å². The number of carbonyl (C=O) groups is 1. The zero-order valence-corrected chi connectivity index (χ0v) is 12.5. The zero-order chi connectivity index (χ0) is 7.82. The molecule has 0 rings (SSSR count). The molecule has 0 saturated heterocycles. The molecule has 5 heteroatoms. The normalized spacial score (nSPS) is 8.55. The molecule has 68 valence electrons. The summed E-state index contributed by atoms with van der Waals surface area (Å²) in [7, 11) is 0. The second kappa shape index (κ2) is 11.0. The average molecular weight is 305 g/mol. The molecule has 2 nitrogen and oxygen atoms in total. The van der Waals surface area contributed by atoms with Crippen LogP contribution in [0, 0.1) is 0 Å². The molecule has 0 aliphatic heterocycles. The summed E-state index contributed by atoms with van der Waals surface area (Å²) in [6.07, 6.45) is 0. The number of ether oxygens (including phenoxy) is 1. The molecule has 0 saturated carbocycles. The third-order valence-corrected chi connectivity index (χ3v) is 1.95. The van der Waals surface area contributed by atoms with E-state index in [4.69, 9.17) is 4.74 Å². The summed E-state index contributed by atoms with van der Waals surface area (Å²) in [6, 6.07) is 0. The number of carbonyl (C=O) groups excluding carboxylic acids is 1. The van der Waals surface area contributed by atoms with Gasteiger partial charge in [0.25, 0.3) is 0 Å². The number of hydrogen-bond donors (Lipinski definition) is 1. The molecule has 0 aliphatic rings. The van der Waals surface area contributed by atoms with Crippen LogP contribution in [0.3, 0.4) is 0 Å². The van der Waals surface area contributed by atoms with Gasteiger partial charge in [-0.25, -0.2) is 0 Å². The fourth-order valence-corrected chi connectivity index (χ4v) is 0.986. The van der Waals surface area contributed by atoms with Crippen LogP contribution in [0.2, 0.25) is 0 Å². The van der Waals surface area contributed by atoms with Crippen molar-refractivity contribution in [2.24, 2.45) is 0 Å². The van der Waals surface area contributed by atoms with Gasteiger partial charge in [-0.05, 0) is 5.75 Å². The van der Waals surface area contributed by atoms with E-state index in [0.717, 1.165) is 11.5 Å². The first-order chi connectivity index (χ1) is 4.81. The third-order valence-electron chi connectivity index (χ3n) is 0.824. The van der Waals surface area contributed by atoms with Crippen molar-refractivity contribution < 1.29 is 9.53 Å². The molecule has 0 unspecified atom stereocenters. The number of esters is 1. The molecule has 0 aromatic carbocycles. The maximum absolute atomic E-state index is 10.5. The Labute approximate surface area is 94.7 Å². The van der Waals surface area contributed by atoms with Gasteiger partial charge in [0.1, 0.15) is 6.61 Å². The first-order valence-corrected chi connectivity index (χ1v) is 4.94. The SMILES string of the molecule is CCSCCOC(=O)CS.[SbH3]. The molecular formula is C6H15O2S2Sb. The number of hydrogen-bond acceptors (Lipinski definition) is 4. The monoisotopic (exact) mass is 304 g/mol. The van der Waals surface area contributed by atoms with Crippen molar-refractivity contribution in [3.8, 4) is 0 Å². The van der Waals surface area contributed by atoms with E-state index in [0.29, 0.717) is 6.61 Å². The van der Waals surface area contributed by atoms with Gasteiger partial charge in [0.15, 0.2) is 0 Å². The van der Waals surface area contributed by atoms with Gasteiger partial charge in [0, 0.05) is 5.75 Å². The third kappa shape index (κ3) is 11.0. The van der Waals surface area contributed by atoms with Crippen molar-refractivity contribution in [1.29, 1.82) is 0 Å². The molecule has 0 bridgehead atoms. The summed E-state index contributed by atoms with van der Waals surface area (Å²) < 4.78 is 4.76. The number of thioether (sulfide) groups is 1. The van der Waals surface area contributed by atoms with Crippen molar-refractivity contribution in [1.82, 2.24) is 0 Å². The molecular weight excluding hydrogens is 290 g/mol. The van der Waals surface area contributed by atoms with Gasteiger partial charge in [0.05, 0.1) is 5.75 Å². The summed E-state index contributed by atoms with van der Waals surface area (Å²) in [5.74, 6) is 1.89. The molecule has 0 fully saturated rings. The summed E-state index contributed by atoms with van der Waals surface area (Å²) in [6.45, 7) is 2.59. The van der Waals surface area contributed by atoms with Crippen molar-refractivity contribution in [3.05, 3.63) is 0 Å². The van der Waals surface area contributed by atoms with Crippen LogP contribution in [0.5, 0.6) is 0 Å². The Morgan fingerprint density at radius 2 is 2.27 bits per heavy atom. The van der Waals surface area contributed by atoms with Crippen LogP contribution in [-0.2, 0) is 9.53 Å². The van der Waals surface area contributed by atoms with E-state index < -0.39 is 0 Å². The van der Waals surface area contributed by atoms with Gasteiger partial charge in [-0.1, -0.05) is 6.92 Å². The van der Waals surface area contributed by atoms with Crippen molar-refractivity contribution in [2.75, 3.05) is 23.9 Å². The Hall–Kier alpha value is 0.988. The van der Waals surface area contributed by atoms with Gasteiger partial charge in [0.2, 0.25) is 0 Å². The average Bonchev–Trinajstić information content (AvgIpc) is 1.98. The predicted octanol–water partition coefficient (Wildman–Crippen LogP) is 0.0286.